The Morgan fingerprint density at radius 1 is 1.26 bits per heavy atom. The first kappa shape index (κ1) is 25.3. The molecule has 0 amide bonds. The van der Waals surface area contributed by atoms with Gasteiger partial charge >= 0.3 is 12.1 Å². The number of benzene rings is 1. The molecule has 0 bridgehead atoms. The molecule has 5 unspecified atom stereocenters. The topological polar surface area (TPSA) is 74.2 Å². The van der Waals surface area contributed by atoms with Crippen LogP contribution in [0.25, 0.3) is 0 Å². The highest BCUT2D eigenvalue weighted by molar-refractivity contribution is 5.73. The molecule has 6 nitrogen and oxygen atoms in total. The highest BCUT2D eigenvalue weighted by Crippen LogP contribution is 2.52. The van der Waals surface area contributed by atoms with Gasteiger partial charge in [0.25, 0.3) is 0 Å². The molecule has 1 fully saturated rings. The van der Waals surface area contributed by atoms with Crippen LogP contribution in [0.15, 0.2) is 12.1 Å². The number of alkyl halides is 3. The van der Waals surface area contributed by atoms with Crippen molar-refractivity contribution in [3.05, 3.63) is 29.3 Å². The first-order valence-electron chi connectivity index (χ1n) is 9.48. The Morgan fingerprint density at radius 3 is 2.42 bits per heavy atom. The standard InChI is InChI=1S/C20H25F5O6/c1-10-12(17(18(26)27)31-19(10,2)20(23,24)25)9-14(29-4)11-5-6-13(21)15(22)16(11)30-8-7-28-3/h5-6,10,12,14,17H,7-9H2,1-4H3,(H,26,27). The lowest BCUT2D eigenvalue weighted by Crippen LogP contribution is -2.47. The van der Waals surface area contributed by atoms with Crippen molar-refractivity contribution in [1.82, 2.24) is 0 Å². The maximum absolute atomic E-state index is 14.4. The van der Waals surface area contributed by atoms with E-state index < -0.39 is 59.2 Å². The Hall–Kier alpha value is -1.98. The molecule has 0 spiro atoms. The summed E-state index contributed by atoms with van der Waals surface area (Å²) in [5.41, 5.74) is -2.65. The van der Waals surface area contributed by atoms with Gasteiger partial charge in [0.2, 0.25) is 5.82 Å². The second-order valence-electron chi connectivity index (χ2n) is 7.52. The van der Waals surface area contributed by atoms with Gasteiger partial charge in [-0.3, -0.25) is 0 Å². The molecule has 5 atom stereocenters. The number of ether oxygens (including phenoxy) is 4. The van der Waals surface area contributed by atoms with E-state index in [-0.39, 0.29) is 25.2 Å². The highest BCUT2D eigenvalue weighted by Gasteiger charge is 2.65. The maximum atomic E-state index is 14.4. The highest BCUT2D eigenvalue weighted by atomic mass is 19.4. The fourth-order valence-electron chi connectivity index (χ4n) is 3.79. The Kier molecular flexibility index (Phi) is 7.88. The number of hydrogen-bond acceptors (Lipinski definition) is 5. The van der Waals surface area contributed by atoms with Crippen molar-refractivity contribution in [3.8, 4) is 5.75 Å². The zero-order valence-electron chi connectivity index (χ0n) is 17.5. The summed E-state index contributed by atoms with van der Waals surface area (Å²) in [6, 6.07) is 2.02. The molecule has 1 heterocycles. The Bertz CT molecular complexity index is 786. The van der Waals surface area contributed by atoms with Crippen LogP contribution in [0.2, 0.25) is 0 Å². The molecule has 1 saturated heterocycles. The number of methoxy groups -OCH3 is 2. The molecule has 2 rings (SSSR count). The molecular formula is C20H25F5O6. The van der Waals surface area contributed by atoms with Gasteiger partial charge in [0.1, 0.15) is 6.61 Å². The molecule has 0 aromatic heterocycles. The molecule has 31 heavy (non-hydrogen) atoms. The van der Waals surface area contributed by atoms with E-state index in [0.29, 0.717) is 0 Å². The van der Waals surface area contributed by atoms with E-state index in [1.165, 1.54) is 27.2 Å². The minimum Gasteiger partial charge on any atom is -0.488 e. The zero-order chi connectivity index (χ0) is 23.6. The molecule has 1 aliphatic rings. The lowest BCUT2D eigenvalue weighted by Gasteiger charge is -2.32. The Balaban J connectivity index is 2.41. The second-order valence-corrected chi connectivity index (χ2v) is 7.52. The average molecular weight is 456 g/mol. The lowest BCUT2D eigenvalue weighted by atomic mass is 9.77. The van der Waals surface area contributed by atoms with Crippen molar-refractivity contribution >= 4 is 5.97 Å². The summed E-state index contributed by atoms with van der Waals surface area (Å²) in [6.07, 6.45) is -7.91. The first-order chi connectivity index (χ1) is 14.4. The van der Waals surface area contributed by atoms with E-state index in [2.05, 4.69) is 0 Å². The fraction of sp³-hybridized carbons (Fsp3) is 0.650. The monoisotopic (exact) mass is 456 g/mol. The summed E-state index contributed by atoms with van der Waals surface area (Å²) in [5, 5.41) is 9.45. The van der Waals surface area contributed by atoms with E-state index in [4.69, 9.17) is 18.9 Å². The van der Waals surface area contributed by atoms with E-state index in [1.807, 2.05) is 0 Å². The number of rotatable bonds is 9. The molecule has 1 aromatic rings. The predicted octanol–water partition coefficient (Wildman–Crippen LogP) is 4.12. The third kappa shape index (κ3) is 4.93. The van der Waals surface area contributed by atoms with Gasteiger partial charge in [-0.25, -0.2) is 9.18 Å². The van der Waals surface area contributed by atoms with Gasteiger partial charge in [0, 0.05) is 25.7 Å². The van der Waals surface area contributed by atoms with Gasteiger partial charge in [0.15, 0.2) is 23.3 Å². The van der Waals surface area contributed by atoms with Gasteiger partial charge in [-0.15, -0.1) is 0 Å². The average Bonchev–Trinajstić information content (AvgIpc) is 2.96. The summed E-state index contributed by atoms with van der Waals surface area (Å²) in [4.78, 5) is 11.6. The normalized spacial score (nSPS) is 27.3. The lowest BCUT2D eigenvalue weighted by molar-refractivity contribution is -0.273. The number of carboxylic acids is 1. The van der Waals surface area contributed by atoms with Crippen molar-refractivity contribution in [2.45, 2.75) is 44.3 Å². The van der Waals surface area contributed by atoms with E-state index in [9.17, 15) is 31.9 Å². The quantitative estimate of drug-likeness (QED) is 0.445. The van der Waals surface area contributed by atoms with Crippen LogP contribution in [0.4, 0.5) is 22.0 Å². The summed E-state index contributed by atoms with van der Waals surface area (Å²) in [5.74, 6) is -6.89. The first-order valence-corrected chi connectivity index (χ1v) is 9.48. The molecule has 1 aromatic carbocycles. The molecule has 0 aliphatic carbocycles. The molecule has 1 aliphatic heterocycles. The maximum Gasteiger partial charge on any atom is 0.417 e. The van der Waals surface area contributed by atoms with Crippen LogP contribution >= 0.6 is 0 Å². The van der Waals surface area contributed by atoms with Gasteiger partial charge in [-0.2, -0.15) is 17.6 Å². The van der Waals surface area contributed by atoms with Crippen LogP contribution < -0.4 is 4.74 Å². The molecular weight excluding hydrogens is 431 g/mol. The number of hydrogen-bond donors (Lipinski definition) is 1. The summed E-state index contributed by atoms with van der Waals surface area (Å²) in [7, 11) is 2.61. The minimum absolute atomic E-state index is 0.0365. The molecule has 0 saturated carbocycles. The van der Waals surface area contributed by atoms with E-state index in [1.54, 1.807) is 0 Å². The molecule has 11 heteroatoms. The number of aliphatic carboxylic acids is 1. The third-order valence-corrected chi connectivity index (χ3v) is 5.81. The van der Waals surface area contributed by atoms with Crippen molar-refractivity contribution < 1.29 is 50.8 Å². The van der Waals surface area contributed by atoms with Crippen LogP contribution in [-0.2, 0) is 19.0 Å². The fourth-order valence-corrected chi connectivity index (χ4v) is 3.79. The van der Waals surface area contributed by atoms with Crippen LogP contribution in [0.3, 0.4) is 0 Å². The van der Waals surface area contributed by atoms with Crippen molar-refractivity contribution in [2.75, 3.05) is 27.4 Å². The summed E-state index contributed by atoms with van der Waals surface area (Å²) < 4.78 is 89.4. The van der Waals surface area contributed by atoms with E-state index >= 15 is 0 Å². The van der Waals surface area contributed by atoms with Crippen LogP contribution in [0, 0.1) is 23.5 Å². The Morgan fingerprint density at radius 2 is 1.90 bits per heavy atom. The molecule has 176 valence electrons. The summed E-state index contributed by atoms with van der Waals surface area (Å²) in [6.45, 7) is 2.00. The van der Waals surface area contributed by atoms with Gasteiger partial charge in [0.05, 0.1) is 12.7 Å². The second kappa shape index (κ2) is 9.66. The molecule has 0 radical (unpaired) electrons. The number of halogens is 5. The van der Waals surface area contributed by atoms with E-state index in [0.717, 1.165) is 13.0 Å². The Labute approximate surface area is 176 Å². The van der Waals surface area contributed by atoms with Crippen LogP contribution in [-0.4, -0.2) is 56.4 Å². The zero-order valence-corrected chi connectivity index (χ0v) is 17.5. The van der Waals surface area contributed by atoms with Crippen molar-refractivity contribution in [1.29, 1.82) is 0 Å². The van der Waals surface area contributed by atoms with Crippen LogP contribution in [0.1, 0.15) is 31.9 Å². The van der Waals surface area contributed by atoms with Crippen molar-refractivity contribution in [2.24, 2.45) is 11.8 Å². The van der Waals surface area contributed by atoms with Crippen LogP contribution in [0.5, 0.6) is 5.75 Å². The van der Waals surface area contributed by atoms with Gasteiger partial charge in [-0.1, -0.05) is 6.92 Å². The predicted molar refractivity (Wildman–Crippen MR) is 97.7 cm³/mol. The third-order valence-electron chi connectivity index (χ3n) is 5.81. The molecule has 1 N–H and O–H groups in total. The van der Waals surface area contributed by atoms with Gasteiger partial charge in [-0.05, 0) is 31.4 Å². The minimum atomic E-state index is -4.81. The largest absolute Gasteiger partial charge is 0.488 e. The summed E-state index contributed by atoms with van der Waals surface area (Å²) >= 11 is 0. The number of carbonyl (C=O) groups is 1. The number of carboxylic acid groups (broad SMARTS) is 1. The van der Waals surface area contributed by atoms with Crippen molar-refractivity contribution in [3.63, 3.8) is 0 Å². The SMILES string of the molecule is COCCOc1c(C(CC2C(C(=O)O)OC(C)(C(F)(F)F)C2C)OC)ccc(F)c1F. The van der Waals surface area contributed by atoms with Gasteiger partial charge < -0.3 is 24.1 Å². The smallest absolute Gasteiger partial charge is 0.417 e.